The van der Waals surface area contributed by atoms with Crippen LogP contribution in [0.25, 0.3) is 11.0 Å². The van der Waals surface area contributed by atoms with Gasteiger partial charge >= 0.3 is 0 Å². The summed E-state index contributed by atoms with van der Waals surface area (Å²) >= 11 is 0. The normalized spacial score (nSPS) is 20.5. The van der Waals surface area contributed by atoms with Gasteiger partial charge in [-0.05, 0) is 19.1 Å². The predicted octanol–water partition coefficient (Wildman–Crippen LogP) is 1.03. The van der Waals surface area contributed by atoms with Crippen molar-refractivity contribution in [3.8, 4) is 0 Å². The van der Waals surface area contributed by atoms with Crippen LogP contribution in [-0.2, 0) is 18.4 Å². The van der Waals surface area contributed by atoms with E-state index in [2.05, 4.69) is 9.97 Å². The maximum atomic E-state index is 12.9. The summed E-state index contributed by atoms with van der Waals surface area (Å²) in [5.41, 5.74) is 9.28. The van der Waals surface area contributed by atoms with Crippen LogP contribution >= 0.6 is 0 Å². The number of para-hydroxylation sites is 2. The van der Waals surface area contributed by atoms with Crippen LogP contribution in [0.2, 0.25) is 0 Å². The topological polar surface area (TPSA) is 82.0 Å². The molecule has 0 aliphatic carbocycles. The highest BCUT2D eigenvalue weighted by molar-refractivity contribution is 5.81. The standard InChI is InChI=1S/C18H22N6O/c1-12-21-15-5-3-4-6-16(15)24(12)10-18(25)23-8-13(14(19)9-23)17-7-20-11-22(17)2/h3-7,11,13-14H,8-10,19H2,1-2H3/t13-,14-/m1/s1. The Morgan fingerprint density at radius 1 is 1.32 bits per heavy atom. The highest BCUT2D eigenvalue weighted by Crippen LogP contribution is 2.26. The number of fused-ring (bicyclic) bond motifs is 1. The van der Waals surface area contributed by atoms with Crippen LogP contribution in [0.15, 0.2) is 36.8 Å². The second-order valence-electron chi connectivity index (χ2n) is 6.73. The van der Waals surface area contributed by atoms with Crippen molar-refractivity contribution >= 4 is 16.9 Å². The van der Waals surface area contributed by atoms with E-state index in [0.29, 0.717) is 13.1 Å². The molecule has 130 valence electrons. The highest BCUT2D eigenvalue weighted by atomic mass is 16.2. The van der Waals surface area contributed by atoms with Crippen molar-refractivity contribution in [1.29, 1.82) is 0 Å². The van der Waals surface area contributed by atoms with Gasteiger partial charge in [-0.3, -0.25) is 4.79 Å². The molecule has 0 bridgehead atoms. The van der Waals surface area contributed by atoms with Gasteiger partial charge in [-0.2, -0.15) is 0 Å². The number of hydrogen-bond donors (Lipinski definition) is 1. The molecule has 7 nitrogen and oxygen atoms in total. The minimum absolute atomic E-state index is 0.0695. The molecule has 0 saturated carbocycles. The molecule has 1 fully saturated rings. The molecule has 1 saturated heterocycles. The number of nitrogens with two attached hydrogens (primary N) is 1. The second-order valence-corrected chi connectivity index (χ2v) is 6.73. The molecule has 0 unspecified atom stereocenters. The first-order chi connectivity index (χ1) is 12.0. The van der Waals surface area contributed by atoms with Gasteiger partial charge in [0.15, 0.2) is 0 Å². The summed E-state index contributed by atoms with van der Waals surface area (Å²) < 4.78 is 3.95. The molecule has 1 amide bonds. The number of rotatable bonds is 3. The third-order valence-electron chi connectivity index (χ3n) is 5.09. The van der Waals surface area contributed by atoms with E-state index in [9.17, 15) is 4.79 Å². The quantitative estimate of drug-likeness (QED) is 0.773. The Labute approximate surface area is 146 Å². The Bertz CT molecular complexity index is 927. The molecule has 3 heterocycles. The van der Waals surface area contributed by atoms with Crippen molar-refractivity contribution in [2.75, 3.05) is 13.1 Å². The fourth-order valence-electron chi connectivity index (χ4n) is 3.70. The fourth-order valence-corrected chi connectivity index (χ4v) is 3.70. The smallest absolute Gasteiger partial charge is 0.242 e. The molecule has 0 radical (unpaired) electrons. The number of nitrogens with zero attached hydrogens (tertiary/aromatic N) is 5. The first-order valence-corrected chi connectivity index (χ1v) is 8.46. The zero-order valence-corrected chi connectivity index (χ0v) is 14.5. The van der Waals surface area contributed by atoms with E-state index in [4.69, 9.17) is 5.73 Å². The average molecular weight is 338 g/mol. The molecular weight excluding hydrogens is 316 g/mol. The van der Waals surface area contributed by atoms with Gasteiger partial charge in [0.2, 0.25) is 5.91 Å². The van der Waals surface area contributed by atoms with Gasteiger partial charge < -0.3 is 19.8 Å². The van der Waals surface area contributed by atoms with Gasteiger partial charge in [-0.25, -0.2) is 9.97 Å². The van der Waals surface area contributed by atoms with Gasteiger partial charge in [-0.15, -0.1) is 0 Å². The molecule has 7 heteroatoms. The van der Waals surface area contributed by atoms with Gasteiger partial charge in [-0.1, -0.05) is 12.1 Å². The summed E-state index contributed by atoms with van der Waals surface area (Å²) in [6.07, 6.45) is 3.61. The minimum Gasteiger partial charge on any atom is -0.339 e. The minimum atomic E-state index is -0.0695. The van der Waals surface area contributed by atoms with Gasteiger partial charge in [0.05, 0.1) is 17.4 Å². The van der Waals surface area contributed by atoms with Gasteiger partial charge in [0, 0.05) is 44.0 Å². The van der Waals surface area contributed by atoms with Crippen molar-refractivity contribution in [3.05, 3.63) is 48.3 Å². The lowest BCUT2D eigenvalue weighted by molar-refractivity contribution is -0.130. The predicted molar refractivity (Wildman–Crippen MR) is 95.0 cm³/mol. The van der Waals surface area contributed by atoms with Gasteiger partial charge in [0.1, 0.15) is 12.4 Å². The molecule has 2 aromatic heterocycles. The van der Waals surface area contributed by atoms with E-state index in [1.165, 1.54) is 0 Å². The largest absolute Gasteiger partial charge is 0.339 e. The van der Waals surface area contributed by atoms with Crippen molar-refractivity contribution in [3.63, 3.8) is 0 Å². The zero-order valence-electron chi connectivity index (χ0n) is 14.5. The van der Waals surface area contributed by atoms with E-state index in [1.807, 2.05) is 58.5 Å². The molecule has 2 atom stereocenters. The van der Waals surface area contributed by atoms with Crippen LogP contribution in [0, 0.1) is 6.92 Å². The van der Waals surface area contributed by atoms with E-state index in [0.717, 1.165) is 22.6 Å². The van der Waals surface area contributed by atoms with Crippen molar-refractivity contribution in [1.82, 2.24) is 24.0 Å². The molecular formula is C18H22N6O. The molecule has 1 aliphatic heterocycles. The third-order valence-corrected chi connectivity index (χ3v) is 5.09. The monoisotopic (exact) mass is 338 g/mol. The first kappa shape index (κ1) is 15.8. The third kappa shape index (κ3) is 2.70. The molecule has 1 aliphatic rings. The first-order valence-electron chi connectivity index (χ1n) is 8.46. The lowest BCUT2D eigenvalue weighted by Crippen LogP contribution is -2.34. The Balaban J connectivity index is 1.54. The number of hydrogen-bond acceptors (Lipinski definition) is 4. The Kier molecular flexibility index (Phi) is 3.80. The molecule has 3 aromatic rings. The second kappa shape index (κ2) is 6.00. The number of carbonyl (C=O) groups is 1. The van der Waals surface area contributed by atoms with Crippen LogP contribution < -0.4 is 5.73 Å². The van der Waals surface area contributed by atoms with E-state index >= 15 is 0 Å². The summed E-state index contributed by atoms with van der Waals surface area (Å²) in [5.74, 6) is 1.05. The highest BCUT2D eigenvalue weighted by Gasteiger charge is 2.35. The molecule has 25 heavy (non-hydrogen) atoms. The molecule has 4 rings (SSSR count). The van der Waals surface area contributed by atoms with Crippen LogP contribution in [0.1, 0.15) is 17.4 Å². The Hall–Kier alpha value is -2.67. The zero-order chi connectivity index (χ0) is 17.6. The summed E-state index contributed by atoms with van der Waals surface area (Å²) in [4.78, 5) is 23.4. The number of carbonyl (C=O) groups excluding carboxylic acids is 1. The number of benzene rings is 1. The maximum absolute atomic E-state index is 12.9. The van der Waals surface area contributed by atoms with Crippen molar-refractivity contribution in [2.45, 2.75) is 25.4 Å². The van der Waals surface area contributed by atoms with Crippen molar-refractivity contribution < 1.29 is 4.79 Å². The lowest BCUT2D eigenvalue weighted by atomic mass is 10.0. The van der Waals surface area contributed by atoms with Crippen LogP contribution in [0.4, 0.5) is 0 Å². The summed E-state index contributed by atoms with van der Waals surface area (Å²) in [5, 5.41) is 0. The number of likely N-dealkylation sites (tertiary alicyclic amines) is 1. The van der Waals surface area contributed by atoms with E-state index in [1.54, 1.807) is 6.33 Å². The average Bonchev–Trinajstić information content (AvgIpc) is 3.26. The molecule has 1 aromatic carbocycles. The SMILES string of the molecule is Cc1nc2ccccc2n1CC(=O)N1C[C@@H](N)[C@H](c2cncn2C)C1. The number of aromatic nitrogens is 4. The maximum Gasteiger partial charge on any atom is 0.242 e. The van der Waals surface area contributed by atoms with Crippen LogP contribution in [0.3, 0.4) is 0 Å². The number of amides is 1. The lowest BCUT2D eigenvalue weighted by Gasteiger charge is -2.17. The molecule has 0 spiro atoms. The van der Waals surface area contributed by atoms with Crippen LogP contribution in [0.5, 0.6) is 0 Å². The fraction of sp³-hybridized carbons (Fsp3) is 0.389. The summed E-state index contributed by atoms with van der Waals surface area (Å²) in [7, 11) is 1.96. The van der Waals surface area contributed by atoms with E-state index < -0.39 is 0 Å². The van der Waals surface area contributed by atoms with E-state index in [-0.39, 0.29) is 24.4 Å². The molecule has 2 N–H and O–H groups in total. The van der Waals surface area contributed by atoms with Crippen molar-refractivity contribution in [2.24, 2.45) is 12.8 Å². The Morgan fingerprint density at radius 2 is 2.12 bits per heavy atom. The van der Waals surface area contributed by atoms with Gasteiger partial charge in [0.25, 0.3) is 0 Å². The summed E-state index contributed by atoms with van der Waals surface area (Å²) in [6.45, 7) is 3.42. The van der Waals surface area contributed by atoms with Crippen LogP contribution in [-0.4, -0.2) is 49.0 Å². The number of imidazole rings is 2. The Morgan fingerprint density at radius 3 is 2.88 bits per heavy atom. The summed E-state index contributed by atoms with van der Waals surface area (Å²) in [6, 6.07) is 7.82. The number of aryl methyl sites for hydroxylation is 2.